The molecule has 25 heavy (non-hydrogen) atoms. The zero-order chi connectivity index (χ0) is 18.7. The highest BCUT2D eigenvalue weighted by atomic mass is 32.2. The largest absolute Gasteiger partial charge is 0.444 e. The fourth-order valence-electron chi connectivity index (χ4n) is 2.45. The topological polar surface area (TPSA) is 88.1 Å². The number of aryl methyl sites for hydroxylation is 1. The number of carbonyl (C=O) groups excluding carboxylic acids is 1. The van der Waals surface area contributed by atoms with Crippen LogP contribution in [-0.4, -0.2) is 43.8 Å². The van der Waals surface area contributed by atoms with Crippen molar-refractivity contribution in [1.29, 1.82) is 0 Å². The number of amides is 1. The van der Waals surface area contributed by atoms with Gasteiger partial charge in [-0.15, -0.1) is 0 Å². The molecule has 1 aliphatic rings. The van der Waals surface area contributed by atoms with E-state index in [0.29, 0.717) is 6.54 Å². The molecule has 1 heterocycles. The van der Waals surface area contributed by atoms with Gasteiger partial charge in [0.2, 0.25) is 0 Å². The van der Waals surface area contributed by atoms with Crippen molar-refractivity contribution >= 4 is 22.3 Å². The normalized spacial score (nSPS) is 18.6. The highest BCUT2D eigenvalue weighted by molar-refractivity contribution is 7.89. The van der Waals surface area contributed by atoms with E-state index in [2.05, 4.69) is 9.93 Å². The lowest BCUT2D eigenvalue weighted by Gasteiger charge is -2.26. The number of hydrogen-bond donors (Lipinski definition) is 1. The summed E-state index contributed by atoms with van der Waals surface area (Å²) in [4.78, 5) is 16.1. The molecule has 0 aliphatic carbocycles. The summed E-state index contributed by atoms with van der Waals surface area (Å²) in [7, 11) is -3.72. The van der Waals surface area contributed by atoms with Gasteiger partial charge in [0.25, 0.3) is 10.0 Å². The second-order valence-electron chi connectivity index (χ2n) is 7.07. The summed E-state index contributed by atoms with van der Waals surface area (Å²) in [5.41, 5.74) is 0.399. The van der Waals surface area contributed by atoms with E-state index in [0.717, 1.165) is 18.4 Å². The van der Waals surface area contributed by atoms with Crippen molar-refractivity contribution < 1.29 is 17.9 Å². The van der Waals surface area contributed by atoms with Crippen LogP contribution in [0.2, 0.25) is 0 Å². The Morgan fingerprint density at radius 3 is 2.56 bits per heavy atom. The van der Waals surface area contributed by atoms with E-state index < -0.39 is 21.7 Å². The lowest BCUT2D eigenvalue weighted by atomic mass is 10.2. The van der Waals surface area contributed by atoms with Crippen molar-refractivity contribution in [1.82, 2.24) is 9.73 Å². The monoisotopic (exact) mass is 367 g/mol. The second kappa shape index (κ2) is 7.43. The van der Waals surface area contributed by atoms with Gasteiger partial charge >= 0.3 is 6.09 Å². The van der Waals surface area contributed by atoms with Crippen LogP contribution in [0.15, 0.2) is 34.3 Å². The number of benzene rings is 1. The van der Waals surface area contributed by atoms with Gasteiger partial charge in [-0.2, -0.15) is 13.5 Å². The van der Waals surface area contributed by atoms with E-state index in [1.165, 1.54) is 18.3 Å². The molecule has 1 fully saturated rings. The quantitative estimate of drug-likeness (QED) is 0.654. The molecule has 7 nitrogen and oxygen atoms in total. The number of hydrazone groups is 1. The van der Waals surface area contributed by atoms with Crippen LogP contribution >= 0.6 is 0 Å². The van der Waals surface area contributed by atoms with Gasteiger partial charge in [0, 0.05) is 12.8 Å². The van der Waals surface area contributed by atoms with Crippen LogP contribution in [0.3, 0.4) is 0 Å². The first-order valence-corrected chi connectivity index (χ1v) is 9.68. The van der Waals surface area contributed by atoms with Crippen LogP contribution in [0.25, 0.3) is 0 Å². The maximum atomic E-state index is 12.2. The molecular formula is C17H25N3O4S. The predicted octanol–water partition coefficient (Wildman–Crippen LogP) is 2.66. The summed E-state index contributed by atoms with van der Waals surface area (Å²) in [6.45, 7) is 7.86. The first-order chi connectivity index (χ1) is 11.6. The molecule has 1 aliphatic heterocycles. The molecule has 0 saturated carbocycles. The molecule has 138 valence electrons. The highest BCUT2D eigenvalue weighted by Crippen LogP contribution is 2.19. The zero-order valence-electron chi connectivity index (χ0n) is 15.0. The minimum atomic E-state index is -3.72. The molecule has 0 aromatic heterocycles. The summed E-state index contributed by atoms with van der Waals surface area (Å²) < 4.78 is 29.7. The number of hydrogen-bond acceptors (Lipinski definition) is 5. The van der Waals surface area contributed by atoms with E-state index in [1.807, 2.05) is 6.92 Å². The van der Waals surface area contributed by atoms with Gasteiger partial charge in [-0.25, -0.2) is 9.63 Å². The summed E-state index contributed by atoms with van der Waals surface area (Å²) in [5, 5.41) is 3.84. The van der Waals surface area contributed by atoms with Gasteiger partial charge in [0.1, 0.15) is 5.60 Å². The molecule has 1 atom stereocenters. The molecule has 2 rings (SSSR count). The molecule has 1 aromatic carbocycles. The minimum Gasteiger partial charge on any atom is -0.444 e. The number of ether oxygens (including phenoxy) is 1. The smallest absolute Gasteiger partial charge is 0.410 e. The van der Waals surface area contributed by atoms with Gasteiger partial charge < -0.3 is 9.64 Å². The maximum Gasteiger partial charge on any atom is 0.410 e. The van der Waals surface area contributed by atoms with E-state index in [9.17, 15) is 13.2 Å². The minimum absolute atomic E-state index is 0.144. The van der Waals surface area contributed by atoms with Crippen molar-refractivity contribution in [2.24, 2.45) is 5.10 Å². The molecule has 1 N–H and O–H groups in total. The van der Waals surface area contributed by atoms with Gasteiger partial charge in [-0.05, 0) is 52.7 Å². The number of likely N-dealkylation sites (tertiary alicyclic amines) is 1. The van der Waals surface area contributed by atoms with Gasteiger partial charge in [-0.1, -0.05) is 17.7 Å². The summed E-state index contributed by atoms with van der Waals surface area (Å²) in [5.74, 6) is 0. The molecule has 0 spiro atoms. The Morgan fingerprint density at radius 2 is 1.96 bits per heavy atom. The van der Waals surface area contributed by atoms with Crippen LogP contribution in [0, 0.1) is 6.92 Å². The lowest BCUT2D eigenvalue weighted by Crippen LogP contribution is -2.40. The highest BCUT2D eigenvalue weighted by Gasteiger charge is 2.31. The summed E-state index contributed by atoms with van der Waals surface area (Å²) >= 11 is 0. The fourth-order valence-corrected chi connectivity index (χ4v) is 3.25. The van der Waals surface area contributed by atoms with E-state index >= 15 is 0 Å². The molecule has 1 amide bonds. The van der Waals surface area contributed by atoms with Gasteiger partial charge in [0.05, 0.1) is 10.9 Å². The number of nitrogens with zero attached hydrogens (tertiary/aromatic N) is 2. The van der Waals surface area contributed by atoms with Crippen molar-refractivity contribution in [3.8, 4) is 0 Å². The fraction of sp³-hybridized carbons (Fsp3) is 0.529. The van der Waals surface area contributed by atoms with Crippen LogP contribution < -0.4 is 4.83 Å². The van der Waals surface area contributed by atoms with Gasteiger partial charge in [0.15, 0.2) is 0 Å². The Hall–Kier alpha value is -2.09. The van der Waals surface area contributed by atoms with Crippen molar-refractivity contribution in [3.63, 3.8) is 0 Å². The molecular weight excluding hydrogens is 342 g/mol. The summed E-state index contributed by atoms with van der Waals surface area (Å²) in [6.07, 6.45) is 2.57. The molecule has 0 radical (unpaired) electrons. The Labute approximate surface area is 149 Å². The van der Waals surface area contributed by atoms with Crippen LogP contribution in [0.4, 0.5) is 4.79 Å². The number of sulfonamides is 1. The molecule has 1 aromatic rings. The number of carbonyl (C=O) groups is 1. The van der Waals surface area contributed by atoms with Gasteiger partial charge in [-0.3, -0.25) is 0 Å². The van der Waals surface area contributed by atoms with E-state index in [-0.39, 0.29) is 10.9 Å². The molecule has 0 bridgehead atoms. The predicted molar refractivity (Wildman–Crippen MR) is 96.0 cm³/mol. The average Bonchev–Trinajstić information content (AvgIpc) is 2.94. The molecule has 8 heteroatoms. The van der Waals surface area contributed by atoms with E-state index in [1.54, 1.807) is 37.8 Å². The summed E-state index contributed by atoms with van der Waals surface area (Å²) in [6, 6.07) is 6.21. The zero-order valence-corrected chi connectivity index (χ0v) is 15.8. The van der Waals surface area contributed by atoms with Crippen molar-refractivity contribution in [2.75, 3.05) is 6.54 Å². The third kappa shape index (κ3) is 5.45. The lowest BCUT2D eigenvalue weighted by molar-refractivity contribution is 0.0268. The molecule has 0 unspecified atom stereocenters. The van der Waals surface area contributed by atoms with Crippen LogP contribution in [-0.2, 0) is 14.8 Å². The Kier molecular flexibility index (Phi) is 5.72. The Balaban J connectivity index is 2.00. The van der Waals surface area contributed by atoms with Crippen LogP contribution in [0.5, 0.6) is 0 Å². The third-order valence-electron chi connectivity index (χ3n) is 3.68. The second-order valence-corrected chi connectivity index (χ2v) is 8.73. The molecule has 1 saturated heterocycles. The van der Waals surface area contributed by atoms with Crippen LogP contribution in [0.1, 0.15) is 39.2 Å². The van der Waals surface area contributed by atoms with Crippen molar-refractivity contribution in [3.05, 3.63) is 29.8 Å². The third-order valence-corrected chi connectivity index (χ3v) is 4.92. The number of nitrogens with one attached hydrogen (secondary N) is 1. The SMILES string of the molecule is Cc1ccc(S(=O)(=O)N/N=C/[C@@H]2CCCN2C(=O)OC(C)(C)C)cc1. The number of rotatable bonds is 4. The average molecular weight is 367 g/mol. The first kappa shape index (κ1) is 19.2. The standard InChI is InChI=1S/C17H25N3O4S/c1-13-7-9-15(10-8-13)25(22,23)19-18-12-14-6-5-11-20(14)16(21)24-17(2,3)4/h7-10,12,14,19H,5-6,11H2,1-4H3/b18-12+/t14-/m0/s1. The first-order valence-electron chi connectivity index (χ1n) is 8.20. The Morgan fingerprint density at radius 1 is 1.32 bits per heavy atom. The maximum absolute atomic E-state index is 12.2. The Bertz CT molecular complexity index is 736. The van der Waals surface area contributed by atoms with E-state index in [4.69, 9.17) is 4.74 Å². The van der Waals surface area contributed by atoms with Crippen molar-refractivity contribution in [2.45, 2.75) is 57.1 Å².